The van der Waals surface area contributed by atoms with Crippen LogP contribution in [-0.2, 0) is 27.8 Å². The molecule has 0 aliphatic heterocycles. The van der Waals surface area contributed by atoms with E-state index in [-0.39, 0.29) is 5.75 Å². The Kier molecular flexibility index (Phi) is 8.18. The van der Waals surface area contributed by atoms with Gasteiger partial charge in [0.1, 0.15) is 0 Å². The van der Waals surface area contributed by atoms with Crippen molar-refractivity contribution in [3.8, 4) is 0 Å². The van der Waals surface area contributed by atoms with E-state index in [9.17, 15) is 13.2 Å². The Labute approximate surface area is 187 Å². The summed E-state index contributed by atoms with van der Waals surface area (Å²) in [4.78, 5) is 16.6. The van der Waals surface area contributed by atoms with Gasteiger partial charge < -0.3 is 4.98 Å². The number of carbonyl (C=O) groups is 1. The number of hydroxylamine groups is 1. The summed E-state index contributed by atoms with van der Waals surface area (Å²) < 4.78 is 22.7. The molecular weight excluding hydrogens is 428 g/mol. The number of H-pyrrole nitrogens is 1. The second-order valence-corrected chi connectivity index (χ2v) is 9.39. The maximum Gasteiger partial charge on any atom is 0.267 e. The summed E-state index contributed by atoms with van der Waals surface area (Å²) in [7, 11) is -3.49. The summed E-state index contributed by atoms with van der Waals surface area (Å²) in [5, 5.41) is 14.9. The lowest BCUT2D eigenvalue weighted by Gasteiger charge is -2.22. The molecule has 1 amide bonds. The topological polar surface area (TPSA) is 129 Å². The average Bonchev–Trinajstić information content (AvgIpc) is 3.19. The molecule has 2 aromatic carbocycles. The summed E-state index contributed by atoms with van der Waals surface area (Å²) in [5.74, 6) is -0.639. The highest BCUT2D eigenvalue weighted by molar-refractivity contribution is 7.89. The Morgan fingerprint density at radius 3 is 2.59 bits per heavy atom. The van der Waals surface area contributed by atoms with E-state index in [0.717, 1.165) is 29.6 Å². The van der Waals surface area contributed by atoms with Crippen LogP contribution in [0, 0.1) is 0 Å². The fourth-order valence-electron chi connectivity index (χ4n) is 3.58. The summed E-state index contributed by atoms with van der Waals surface area (Å²) in [6, 6.07) is 15.9. The van der Waals surface area contributed by atoms with E-state index >= 15 is 0 Å². The predicted octanol–water partition coefficient (Wildman–Crippen LogP) is 2.41. The molecule has 3 rings (SSSR count). The molecule has 170 valence electrons. The van der Waals surface area contributed by atoms with E-state index in [2.05, 4.69) is 16.0 Å². The predicted molar refractivity (Wildman–Crippen MR) is 125 cm³/mol. The molecule has 1 aromatic heterocycles. The number of hydrogen-bond donors (Lipinski definition) is 4. The van der Waals surface area contributed by atoms with Gasteiger partial charge in [0.25, 0.3) is 5.91 Å². The first kappa shape index (κ1) is 23.7. The summed E-state index contributed by atoms with van der Waals surface area (Å²) in [6.07, 6.45) is 6.17. The number of benzene rings is 2. The zero-order valence-electron chi connectivity index (χ0n) is 17.7. The molecule has 1 heterocycles. The molecule has 0 saturated heterocycles. The SMILES string of the molecule is NS(=O)(=O)CCCN(CCc1c[nH]c2ccccc12)Cc1ccc(/C=C/C(=O)NO)cc1. The van der Waals surface area contributed by atoms with Crippen LogP contribution in [0.1, 0.15) is 23.1 Å². The largest absolute Gasteiger partial charge is 0.361 e. The minimum absolute atomic E-state index is 0.0484. The molecule has 9 heteroatoms. The van der Waals surface area contributed by atoms with Crippen molar-refractivity contribution in [2.75, 3.05) is 18.8 Å². The second-order valence-electron chi connectivity index (χ2n) is 7.66. The van der Waals surface area contributed by atoms with Crippen LogP contribution in [0.15, 0.2) is 60.8 Å². The molecule has 0 fully saturated rings. The molecule has 32 heavy (non-hydrogen) atoms. The first-order valence-corrected chi connectivity index (χ1v) is 12.0. The number of nitrogens with one attached hydrogen (secondary N) is 2. The van der Waals surface area contributed by atoms with Crippen molar-refractivity contribution < 1.29 is 18.4 Å². The third-order valence-electron chi connectivity index (χ3n) is 5.20. The van der Waals surface area contributed by atoms with Gasteiger partial charge in [0, 0.05) is 36.3 Å². The van der Waals surface area contributed by atoms with E-state index in [1.54, 1.807) is 11.6 Å². The molecule has 0 radical (unpaired) electrons. The van der Waals surface area contributed by atoms with Gasteiger partial charge in [-0.3, -0.25) is 14.9 Å². The zero-order valence-corrected chi connectivity index (χ0v) is 18.5. The molecule has 0 aliphatic rings. The highest BCUT2D eigenvalue weighted by Crippen LogP contribution is 2.19. The molecule has 0 spiro atoms. The summed E-state index contributed by atoms with van der Waals surface area (Å²) in [5.41, 5.74) is 5.78. The molecule has 0 unspecified atom stereocenters. The summed E-state index contributed by atoms with van der Waals surface area (Å²) in [6.45, 7) is 2.04. The number of aromatic nitrogens is 1. The number of hydrogen-bond acceptors (Lipinski definition) is 5. The lowest BCUT2D eigenvalue weighted by Crippen LogP contribution is -2.29. The Morgan fingerprint density at radius 2 is 1.88 bits per heavy atom. The van der Waals surface area contributed by atoms with Crippen molar-refractivity contribution in [1.29, 1.82) is 0 Å². The number of aromatic amines is 1. The van der Waals surface area contributed by atoms with Crippen LogP contribution in [0.5, 0.6) is 0 Å². The van der Waals surface area contributed by atoms with Crippen molar-refractivity contribution in [2.45, 2.75) is 19.4 Å². The molecule has 3 aromatic rings. The van der Waals surface area contributed by atoms with Crippen molar-refractivity contribution in [3.63, 3.8) is 0 Å². The maximum absolute atomic E-state index is 11.3. The quantitative estimate of drug-likeness (QED) is 0.200. The molecule has 8 nitrogen and oxygen atoms in total. The molecule has 0 saturated carbocycles. The van der Waals surface area contributed by atoms with E-state index in [4.69, 9.17) is 10.3 Å². The molecule has 0 atom stereocenters. The van der Waals surface area contributed by atoms with Crippen molar-refractivity contribution in [3.05, 3.63) is 77.5 Å². The van der Waals surface area contributed by atoms with Gasteiger partial charge in [-0.15, -0.1) is 0 Å². The number of carbonyl (C=O) groups excluding carboxylic acids is 1. The molecule has 5 N–H and O–H groups in total. The highest BCUT2D eigenvalue weighted by Gasteiger charge is 2.11. The number of nitrogens with two attached hydrogens (primary N) is 1. The normalized spacial score (nSPS) is 12.1. The van der Waals surface area contributed by atoms with E-state index in [1.807, 2.05) is 48.7 Å². The van der Waals surface area contributed by atoms with E-state index in [1.165, 1.54) is 17.0 Å². The van der Waals surface area contributed by atoms with Gasteiger partial charge in [-0.25, -0.2) is 19.0 Å². The van der Waals surface area contributed by atoms with Gasteiger partial charge in [-0.2, -0.15) is 0 Å². The fraction of sp³-hybridized carbons (Fsp3) is 0.261. The number of sulfonamides is 1. The Balaban J connectivity index is 1.66. The van der Waals surface area contributed by atoms with Crippen LogP contribution >= 0.6 is 0 Å². The first-order valence-electron chi connectivity index (χ1n) is 10.3. The number of fused-ring (bicyclic) bond motifs is 1. The lowest BCUT2D eigenvalue weighted by molar-refractivity contribution is -0.124. The zero-order chi connectivity index (χ0) is 23.0. The third kappa shape index (κ3) is 7.31. The van der Waals surface area contributed by atoms with Crippen LogP contribution in [0.2, 0.25) is 0 Å². The van der Waals surface area contributed by atoms with Gasteiger partial charge in [0.15, 0.2) is 0 Å². The molecule has 0 aliphatic carbocycles. The van der Waals surface area contributed by atoms with Crippen molar-refractivity contribution >= 4 is 32.9 Å². The van der Waals surface area contributed by atoms with Crippen LogP contribution in [0.25, 0.3) is 17.0 Å². The standard InChI is InChI=1S/C23H28N4O4S/c24-32(30,31)15-3-13-27(14-12-20-16-25-22-5-2-1-4-21(20)22)17-19-8-6-18(7-9-19)10-11-23(28)26-29/h1-2,4-11,16,25,29H,3,12-15,17H2,(H,26,28)(H2,24,30,31)/b11-10+. The Hall–Kier alpha value is -2.98. The summed E-state index contributed by atoms with van der Waals surface area (Å²) >= 11 is 0. The number of rotatable bonds is 11. The van der Waals surface area contributed by atoms with Crippen LogP contribution in [-0.4, -0.2) is 48.3 Å². The smallest absolute Gasteiger partial charge is 0.267 e. The Bertz CT molecular complexity index is 1170. The minimum atomic E-state index is -3.49. The van der Waals surface area contributed by atoms with Gasteiger partial charge in [0.05, 0.1) is 5.75 Å². The van der Waals surface area contributed by atoms with Crippen LogP contribution in [0.3, 0.4) is 0 Å². The monoisotopic (exact) mass is 456 g/mol. The average molecular weight is 457 g/mol. The van der Waals surface area contributed by atoms with Crippen molar-refractivity contribution in [1.82, 2.24) is 15.4 Å². The number of primary sulfonamides is 1. The third-order valence-corrected chi connectivity index (χ3v) is 6.06. The maximum atomic E-state index is 11.3. The Morgan fingerprint density at radius 1 is 1.12 bits per heavy atom. The molecule has 0 bridgehead atoms. The van der Waals surface area contributed by atoms with Crippen LogP contribution < -0.4 is 10.6 Å². The van der Waals surface area contributed by atoms with Crippen LogP contribution in [0.4, 0.5) is 0 Å². The number of amides is 1. The van der Waals surface area contributed by atoms with Crippen molar-refractivity contribution in [2.24, 2.45) is 5.14 Å². The lowest BCUT2D eigenvalue weighted by atomic mass is 10.1. The first-order chi connectivity index (χ1) is 15.3. The minimum Gasteiger partial charge on any atom is -0.361 e. The molecular formula is C23H28N4O4S. The van der Waals surface area contributed by atoms with E-state index in [0.29, 0.717) is 19.5 Å². The van der Waals surface area contributed by atoms with Gasteiger partial charge in [-0.1, -0.05) is 42.5 Å². The number of nitrogens with zero attached hydrogens (tertiary/aromatic N) is 1. The highest BCUT2D eigenvalue weighted by atomic mass is 32.2. The van der Waals surface area contributed by atoms with Gasteiger partial charge in [-0.05, 0) is 48.2 Å². The number of para-hydroxylation sites is 1. The fourth-order valence-corrected chi connectivity index (χ4v) is 4.11. The second kappa shape index (κ2) is 11.1. The van der Waals surface area contributed by atoms with Gasteiger partial charge >= 0.3 is 0 Å². The van der Waals surface area contributed by atoms with Gasteiger partial charge in [0.2, 0.25) is 10.0 Å². The van der Waals surface area contributed by atoms with E-state index < -0.39 is 15.9 Å².